The van der Waals surface area contributed by atoms with Crippen molar-refractivity contribution in [1.82, 2.24) is 0 Å². The summed E-state index contributed by atoms with van der Waals surface area (Å²) in [5, 5.41) is 19.8. The van der Waals surface area contributed by atoms with Crippen molar-refractivity contribution in [2.75, 3.05) is 6.61 Å². The van der Waals surface area contributed by atoms with Crippen LogP contribution < -0.4 is 0 Å². The van der Waals surface area contributed by atoms with E-state index in [1.165, 1.54) is 0 Å². The third-order valence-electron chi connectivity index (χ3n) is 2.71. The largest absolute Gasteiger partial charge is 0.388 e. The second kappa shape index (κ2) is 7.00. The van der Waals surface area contributed by atoms with Crippen LogP contribution in [0.1, 0.15) is 13.8 Å². The van der Waals surface area contributed by atoms with E-state index in [1.54, 1.807) is 46.0 Å². The summed E-state index contributed by atoms with van der Waals surface area (Å²) in [7, 11) is 0. The summed E-state index contributed by atoms with van der Waals surface area (Å²) >= 11 is 3.47. The van der Waals surface area contributed by atoms with E-state index in [-0.39, 0.29) is 12.0 Å². The van der Waals surface area contributed by atoms with Crippen molar-refractivity contribution in [3.8, 4) is 0 Å². The van der Waals surface area contributed by atoms with Crippen molar-refractivity contribution in [3.63, 3.8) is 0 Å². The van der Waals surface area contributed by atoms with Crippen molar-refractivity contribution >= 4 is 46.0 Å². The summed E-state index contributed by atoms with van der Waals surface area (Å²) in [4.78, 5) is 0. The zero-order chi connectivity index (χ0) is 12.3. The molecule has 1 aliphatic rings. The third-order valence-corrected chi connectivity index (χ3v) is 3.66. The van der Waals surface area contributed by atoms with Gasteiger partial charge in [0, 0.05) is 0 Å². The van der Waals surface area contributed by atoms with Crippen LogP contribution in [0.3, 0.4) is 0 Å². The number of rotatable bonds is 4. The number of aliphatic hydroxyl groups is 2. The average molecular weight is 458 g/mol. The van der Waals surface area contributed by atoms with E-state index in [4.69, 9.17) is 10.9 Å². The number of aliphatic hydroxyl groups excluding tert-OH is 2. The Morgan fingerprint density at radius 2 is 1.88 bits per heavy atom. The summed E-state index contributed by atoms with van der Waals surface area (Å²) in [6.07, 6.45) is -3.20. The minimum Gasteiger partial charge on any atom is -0.388 e. The molecule has 0 aromatic carbocycles. The Hall–Kier alpha value is 1.26. The van der Waals surface area contributed by atoms with Gasteiger partial charge in [-0.25, -0.2) is 0 Å². The normalized spacial score (nSPS) is 40.3. The quantitative estimate of drug-likeness (QED) is 0.621. The zero-order valence-electron chi connectivity index (χ0n) is 9.05. The lowest BCUT2D eigenvalue weighted by Crippen LogP contribution is -2.59. The predicted octanol–water partition coefficient (Wildman–Crippen LogP) is 1.23. The van der Waals surface area contributed by atoms with Gasteiger partial charge in [-0.3, -0.25) is 0 Å². The van der Waals surface area contributed by atoms with E-state index >= 15 is 0 Å². The molecule has 1 fully saturated rings. The van der Waals surface area contributed by atoms with Gasteiger partial charge in [-0.1, -0.05) is 13.8 Å². The first-order valence-electron chi connectivity index (χ1n) is 5.05. The van der Waals surface area contributed by atoms with E-state index in [1.807, 2.05) is 13.8 Å². The van der Waals surface area contributed by atoms with Gasteiger partial charge in [-0.05, 0) is 5.92 Å². The van der Waals surface area contributed by atoms with Gasteiger partial charge in [-0.15, -0.1) is 0 Å². The second-order valence-corrected chi connectivity index (χ2v) is 5.33. The Labute approximate surface area is 123 Å². The van der Waals surface area contributed by atoms with Gasteiger partial charge in [0.15, 0.2) is 0 Å². The summed E-state index contributed by atoms with van der Waals surface area (Å²) in [6, 6.07) is 0. The Kier molecular flexibility index (Phi) is 6.70. The van der Waals surface area contributed by atoms with Gasteiger partial charge in [0.2, 0.25) is 0 Å². The molecule has 1 aliphatic heterocycles. The van der Waals surface area contributed by atoms with Crippen LogP contribution in [0.5, 0.6) is 0 Å². The minimum atomic E-state index is -0.949. The van der Waals surface area contributed by atoms with Crippen LogP contribution in [0.4, 0.5) is 0 Å². The van der Waals surface area contributed by atoms with Crippen LogP contribution in [0, 0.1) is 5.92 Å². The van der Waals surface area contributed by atoms with Crippen LogP contribution in [0.2, 0.25) is 0 Å². The van der Waals surface area contributed by atoms with Crippen molar-refractivity contribution in [1.29, 1.82) is 0 Å². The molecule has 2 N–H and O–H groups in total. The highest BCUT2D eigenvalue weighted by molar-refractivity contribution is 14.1. The van der Waals surface area contributed by atoms with Crippen molar-refractivity contribution in [2.45, 2.75) is 44.4 Å². The molecule has 0 aromatic rings. The Morgan fingerprint density at radius 3 is 2.31 bits per heavy atom. The van der Waals surface area contributed by atoms with Crippen molar-refractivity contribution in [2.24, 2.45) is 5.92 Å². The van der Waals surface area contributed by atoms with Crippen LogP contribution in [-0.4, -0.2) is 47.3 Å². The molecule has 5 atom stereocenters. The lowest BCUT2D eigenvalue weighted by atomic mass is 9.90. The molecule has 5 nitrogen and oxygen atoms in total. The zero-order valence-corrected chi connectivity index (χ0v) is 13.4. The number of halogens is 2. The van der Waals surface area contributed by atoms with Crippen LogP contribution in [0.25, 0.3) is 0 Å². The van der Waals surface area contributed by atoms with Crippen LogP contribution in [-0.2, 0) is 10.9 Å². The van der Waals surface area contributed by atoms with Gasteiger partial charge in [0.05, 0.1) is 12.7 Å². The number of ether oxygens (including phenoxy) is 1. The first kappa shape index (κ1) is 15.3. The molecule has 1 heterocycles. The predicted molar refractivity (Wildman–Crippen MR) is 74.4 cm³/mol. The molecule has 1 saturated heterocycles. The molecule has 0 aromatic heterocycles. The smallest absolute Gasteiger partial charge is 0.127 e. The summed E-state index contributed by atoms with van der Waals surface area (Å²) < 4.78 is 15.8. The Balaban J connectivity index is 2.77. The number of hydrogen-bond donors (Lipinski definition) is 2. The van der Waals surface area contributed by atoms with Gasteiger partial charge < -0.3 is 21.1 Å². The lowest BCUT2D eigenvalue weighted by molar-refractivity contribution is -0.223. The van der Waals surface area contributed by atoms with E-state index < -0.39 is 24.4 Å². The van der Waals surface area contributed by atoms with Crippen molar-refractivity contribution < 1.29 is 21.1 Å². The van der Waals surface area contributed by atoms with Crippen molar-refractivity contribution in [3.05, 3.63) is 0 Å². The Bertz CT molecular complexity index is 216. The lowest BCUT2D eigenvalue weighted by Gasteiger charge is -2.42. The number of hydrogen-bond acceptors (Lipinski definition) is 5. The maximum atomic E-state index is 9.94. The summed E-state index contributed by atoms with van der Waals surface area (Å²) in [5.74, 6) is 0.122. The highest BCUT2D eigenvalue weighted by Gasteiger charge is 2.46. The molecule has 0 aliphatic carbocycles. The first-order chi connectivity index (χ1) is 7.52. The molecule has 5 unspecified atom stereocenters. The standard InChI is InChI=1S/C9H16I2O5/c1-4(2)8-6(12)7(13)9(16-11)5(15-8)3-14-10/h4-9,12-13H,3H2,1-2H3. The summed E-state index contributed by atoms with van der Waals surface area (Å²) in [5.41, 5.74) is 0. The van der Waals surface area contributed by atoms with Crippen LogP contribution >= 0.6 is 46.0 Å². The minimum absolute atomic E-state index is 0.122. The average Bonchev–Trinajstić information content (AvgIpc) is 2.23. The van der Waals surface area contributed by atoms with Gasteiger partial charge in [0.25, 0.3) is 0 Å². The molecule has 1 rings (SSSR count). The van der Waals surface area contributed by atoms with Gasteiger partial charge in [-0.2, -0.15) is 0 Å². The Morgan fingerprint density at radius 1 is 1.25 bits per heavy atom. The highest BCUT2D eigenvalue weighted by atomic mass is 127. The van der Waals surface area contributed by atoms with Gasteiger partial charge in [0.1, 0.15) is 70.4 Å². The fourth-order valence-electron chi connectivity index (χ4n) is 1.83. The molecular formula is C9H16I2O5. The van der Waals surface area contributed by atoms with Crippen LogP contribution in [0.15, 0.2) is 0 Å². The molecule has 7 heteroatoms. The van der Waals surface area contributed by atoms with E-state index in [2.05, 4.69) is 0 Å². The maximum Gasteiger partial charge on any atom is 0.127 e. The first-order valence-corrected chi connectivity index (χ1v) is 6.81. The molecule has 0 bridgehead atoms. The highest BCUT2D eigenvalue weighted by Crippen LogP contribution is 2.29. The van der Waals surface area contributed by atoms with E-state index in [0.29, 0.717) is 6.61 Å². The molecule has 0 radical (unpaired) electrons. The molecular weight excluding hydrogens is 442 g/mol. The molecule has 0 amide bonds. The van der Waals surface area contributed by atoms with Gasteiger partial charge >= 0.3 is 0 Å². The van der Waals surface area contributed by atoms with E-state index in [9.17, 15) is 10.2 Å². The molecule has 0 saturated carbocycles. The van der Waals surface area contributed by atoms with E-state index in [0.717, 1.165) is 0 Å². The monoisotopic (exact) mass is 458 g/mol. The fraction of sp³-hybridized carbons (Fsp3) is 1.00. The third kappa shape index (κ3) is 3.39. The second-order valence-electron chi connectivity index (χ2n) is 4.19. The molecule has 16 heavy (non-hydrogen) atoms. The SMILES string of the molecule is CC(C)C1OC(COI)C(OI)C(O)C1O. The topological polar surface area (TPSA) is 68.2 Å². The fourth-order valence-corrected chi connectivity index (χ4v) is 2.81. The summed E-state index contributed by atoms with van der Waals surface area (Å²) in [6.45, 7) is 4.20. The molecule has 0 spiro atoms. The molecule has 96 valence electrons. The maximum absolute atomic E-state index is 9.94.